The Morgan fingerprint density at radius 3 is 2.36 bits per heavy atom. The number of likely N-dealkylation sites (N-methyl/N-ethyl adjacent to an activating group) is 1. The molecule has 0 saturated carbocycles. The molecule has 1 aliphatic rings. The quantitative estimate of drug-likeness (QED) is 0.469. The van der Waals surface area contributed by atoms with E-state index in [-0.39, 0.29) is 5.41 Å². The van der Waals surface area contributed by atoms with Gasteiger partial charge in [0, 0.05) is 34.3 Å². The number of H-pyrrole nitrogens is 1. The highest BCUT2D eigenvalue weighted by Crippen LogP contribution is 2.55. The van der Waals surface area contributed by atoms with Crippen LogP contribution in [0.5, 0.6) is 0 Å². The van der Waals surface area contributed by atoms with Gasteiger partial charge < -0.3 is 9.88 Å². The SMILES string of the molecule is CN1c2c(ccc3[nH]c4ccccc4c23)C(C)(C)C1c1ccccc1. The van der Waals surface area contributed by atoms with Crippen molar-refractivity contribution in [1.29, 1.82) is 0 Å². The molecule has 4 aromatic rings. The predicted octanol–water partition coefficient (Wildman–Crippen LogP) is 5.79. The maximum atomic E-state index is 3.58. The largest absolute Gasteiger partial charge is 0.366 e. The molecule has 2 heterocycles. The van der Waals surface area contributed by atoms with Gasteiger partial charge in [0.2, 0.25) is 0 Å². The van der Waals surface area contributed by atoms with E-state index in [0.717, 1.165) is 0 Å². The van der Waals surface area contributed by atoms with E-state index in [1.165, 1.54) is 38.6 Å². The lowest BCUT2D eigenvalue weighted by Crippen LogP contribution is -2.31. The number of para-hydroxylation sites is 1. The van der Waals surface area contributed by atoms with Crippen molar-refractivity contribution in [3.63, 3.8) is 0 Å². The van der Waals surface area contributed by atoms with Crippen molar-refractivity contribution < 1.29 is 0 Å². The summed E-state index contributed by atoms with van der Waals surface area (Å²) in [5.74, 6) is 0. The summed E-state index contributed by atoms with van der Waals surface area (Å²) in [6.07, 6.45) is 0. The van der Waals surface area contributed by atoms with Gasteiger partial charge in [-0.05, 0) is 23.3 Å². The first kappa shape index (κ1) is 14.6. The summed E-state index contributed by atoms with van der Waals surface area (Å²) >= 11 is 0. The van der Waals surface area contributed by atoms with Crippen LogP contribution in [0.25, 0.3) is 21.8 Å². The number of rotatable bonds is 1. The predicted molar refractivity (Wildman–Crippen MR) is 106 cm³/mol. The molecule has 1 aromatic heterocycles. The van der Waals surface area contributed by atoms with E-state index in [1.54, 1.807) is 0 Å². The first-order valence-electron chi connectivity index (χ1n) is 8.91. The average Bonchev–Trinajstić information content (AvgIpc) is 3.08. The molecule has 0 spiro atoms. The molecule has 2 nitrogen and oxygen atoms in total. The molecule has 0 fully saturated rings. The van der Waals surface area contributed by atoms with E-state index in [0.29, 0.717) is 6.04 Å². The number of benzene rings is 3. The van der Waals surface area contributed by atoms with Crippen molar-refractivity contribution in [3.05, 3.63) is 77.9 Å². The Balaban J connectivity index is 1.84. The standard InChI is InChI=1S/C23H22N2/c1-23(2)17-13-14-19-20(16-11-7-8-12-18(16)24-19)21(17)25(3)22(23)15-9-5-4-6-10-15/h4-14,22,24H,1-3H3. The molecular formula is C23H22N2. The third-order valence-corrected chi connectivity index (χ3v) is 5.88. The third kappa shape index (κ3) is 1.85. The summed E-state index contributed by atoms with van der Waals surface area (Å²) in [6.45, 7) is 4.74. The van der Waals surface area contributed by atoms with Gasteiger partial charge in [-0.25, -0.2) is 0 Å². The molecule has 3 aromatic carbocycles. The van der Waals surface area contributed by atoms with Crippen molar-refractivity contribution in [2.75, 3.05) is 11.9 Å². The second-order valence-electron chi connectivity index (χ2n) is 7.70. The maximum Gasteiger partial charge on any atom is 0.0631 e. The maximum absolute atomic E-state index is 3.58. The minimum absolute atomic E-state index is 0.0536. The second kappa shape index (κ2) is 4.89. The molecule has 1 aliphatic heterocycles. The van der Waals surface area contributed by atoms with E-state index >= 15 is 0 Å². The van der Waals surface area contributed by atoms with Gasteiger partial charge in [-0.1, -0.05) is 68.4 Å². The average molecular weight is 326 g/mol. The van der Waals surface area contributed by atoms with Gasteiger partial charge in [0.1, 0.15) is 0 Å². The van der Waals surface area contributed by atoms with Crippen molar-refractivity contribution in [1.82, 2.24) is 4.98 Å². The molecule has 0 saturated heterocycles. The zero-order valence-corrected chi connectivity index (χ0v) is 14.9. The topological polar surface area (TPSA) is 19.0 Å². The summed E-state index contributed by atoms with van der Waals surface area (Å²) in [5.41, 5.74) is 6.66. The van der Waals surface area contributed by atoms with Crippen LogP contribution in [0.15, 0.2) is 66.7 Å². The zero-order chi connectivity index (χ0) is 17.2. The Morgan fingerprint density at radius 1 is 0.840 bits per heavy atom. The van der Waals surface area contributed by atoms with Gasteiger partial charge in [-0.2, -0.15) is 0 Å². The number of nitrogens with one attached hydrogen (secondary N) is 1. The third-order valence-electron chi connectivity index (χ3n) is 5.88. The monoisotopic (exact) mass is 326 g/mol. The van der Waals surface area contributed by atoms with Crippen LogP contribution >= 0.6 is 0 Å². The number of aromatic nitrogens is 1. The Hall–Kier alpha value is -2.74. The van der Waals surface area contributed by atoms with Gasteiger partial charge in [-0.3, -0.25) is 0 Å². The van der Waals surface area contributed by atoms with Crippen LogP contribution in [0.1, 0.15) is 31.0 Å². The number of hydrogen-bond acceptors (Lipinski definition) is 1. The number of hydrogen-bond donors (Lipinski definition) is 1. The summed E-state index contributed by atoms with van der Waals surface area (Å²) in [4.78, 5) is 6.06. The minimum atomic E-state index is 0.0536. The van der Waals surface area contributed by atoms with E-state index in [4.69, 9.17) is 0 Å². The molecule has 2 heteroatoms. The number of aromatic amines is 1. The van der Waals surface area contributed by atoms with Crippen LogP contribution in [0.3, 0.4) is 0 Å². The summed E-state index contributed by atoms with van der Waals surface area (Å²) in [7, 11) is 2.24. The Labute approximate surface area is 148 Å². The Morgan fingerprint density at radius 2 is 1.56 bits per heavy atom. The van der Waals surface area contributed by atoms with Gasteiger partial charge >= 0.3 is 0 Å². The molecule has 1 N–H and O–H groups in total. The molecule has 124 valence electrons. The van der Waals surface area contributed by atoms with Crippen LogP contribution in [0.2, 0.25) is 0 Å². The fourth-order valence-corrected chi connectivity index (χ4v) is 4.85. The molecular weight excluding hydrogens is 304 g/mol. The number of fused-ring (bicyclic) bond motifs is 5. The highest BCUT2D eigenvalue weighted by atomic mass is 15.2. The van der Waals surface area contributed by atoms with Crippen molar-refractivity contribution in [3.8, 4) is 0 Å². The van der Waals surface area contributed by atoms with Crippen LogP contribution in [0.4, 0.5) is 5.69 Å². The van der Waals surface area contributed by atoms with E-state index in [1.807, 2.05) is 0 Å². The number of nitrogens with zero attached hydrogens (tertiary/aromatic N) is 1. The van der Waals surface area contributed by atoms with Crippen molar-refractivity contribution in [2.45, 2.75) is 25.3 Å². The van der Waals surface area contributed by atoms with E-state index in [9.17, 15) is 0 Å². The van der Waals surface area contributed by atoms with Crippen LogP contribution in [-0.4, -0.2) is 12.0 Å². The van der Waals surface area contributed by atoms with Crippen LogP contribution < -0.4 is 4.90 Å². The lowest BCUT2D eigenvalue weighted by atomic mass is 9.77. The molecule has 5 rings (SSSR count). The second-order valence-corrected chi connectivity index (χ2v) is 7.70. The first-order chi connectivity index (χ1) is 12.1. The molecule has 25 heavy (non-hydrogen) atoms. The van der Waals surface area contributed by atoms with Crippen molar-refractivity contribution >= 4 is 27.5 Å². The van der Waals surface area contributed by atoms with E-state index < -0.39 is 0 Å². The van der Waals surface area contributed by atoms with Crippen LogP contribution in [0, 0.1) is 0 Å². The molecule has 0 aliphatic carbocycles. The Kier molecular flexibility index (Phi) is 2.85. The summed E-state index contributed by atoms with van der Waals surface area (Å²) in [6, 6.07) is 24.4. The highest BCUT2D eigenvalue weighted by molar-refractivity contribution is 6.15. The lowest BCUT2D eigenvalue weighted by molar-refractivity contribution is 0.441. The first-order valence-corrected chi connectivity index (χ1v) is 8.91. The fourth-order valence-electron chi connectivity index (χ4n) is 4.85. The molecule has 0 amide bonds. The van der Waals surface area contributed by atoms with Crippen LogP contribution in [-0.2, 0) is 5.41 Å². The molecule has 1 unspecified atom stereocenters. The fraction of sp³-hybridized carbons (Fsp3) is 0.217. The minimum Gasteiger partial charge on any atom is -0.366 e. The Bertz CT molecular complexity index is 1090. The summed E-state index contributed by atoms with van der Waals surface area (Å²) in [5, 5.41) is 2.66. The summed E-state index contributed by atoms with van der Waals surface area (Å²) < 4.78 is 0. The van der Waals surface area contributed by atoms with Gasteiger partial charge in [-0.15, -0.1) is 0 Å². The smallest absolute Gasteiger partial charge is 0.0631 e. The number of anilines is 1. The molecule has 0 bridgehead atoms. The molecule has 0 radical (unpaired) electrons. The van der Waals surface area contributed by atoms with Gasteiger partial charge in [0.25, 0.3) is 0 Å². The van der Waals surface area contributed by atoms with Crippen molar-refractivity contribution in [2.24, 2.45) is 0 Å². The van der Waals surface area contributed by atoms with Gasteiger partial charge in [0.05, 0.1) is 11.7 Å². The zero-order valence-electron chi connectivity index (χ0n) is 14.9. The highest BCUT2D eigenvalue weighted by Gasteiger charge is 2.44. The van der Waals surface area contributed by atoms with Gasteiger partial charge in [0.15, 0.2) is 0 Å². The lowest BCUT2D eigenvalue weighted by Gasteiger charge is -2.32. The molecule has 1 atom stereocenters. The van der Waals surface area contributed by atoms with E-state index in [2.05, 4.69) is 97.5 Å². The normalized spacial score (nSPS) is 18.8.